The van der Waals surface area contributed by atoms with Crippen LogP contribution in [-0.2, 0) is 4.79 Å². The van der Waals surface area contributed by atoms with Gasteiger partial charge in [-0.15, -0.1) is 0 Å². The number of hydrogen-bond donors (Lipinski definition) is 1. The molecule has 0 aromatic heterocycles. The van der Waals surface area contributed by atoms with Gasteiger partial charge in [0.2, 0.25) is 0 Å². The zero-order valence-electron chi connectivity index (χ0n) is 14.7. The van der Waals surface area contributed by atoms with Gasteiger partial charge in [0, 0.05) is 11.6 Å². The number of rotatable bonds is 7. The SMILES string of the molecule is COc1ccc(/C(C)=N\NC(=O)COc2cccc(C)c2)cc1[N+](=O)[O-]. The first-order valence-electron chi connectivity index (χ1n) is 7.76. The molecule has 0 saturated heterocycles. The first-order valence-corrected chi connectivity index (χ1v) is 7.76. The van der Waals surface area contributed by atoms with Crippen molar-refractivity contribution in [1.29, 1.82) is 0 Å². The summed E-state index contributed by atoms with van der Waals surface area (Å²) in [5, 5.41) is 15.0. The summed E-state index contributed by atoms with van der Waals surface area (Å²) in [4.78, 5) is 22.4. The van der Waals surface area contributed by atoms with E-state index in [1.807, 2.05) is 25.1 Å². The monoisotopic (exact) mass is 357 g/mol. The van der Waals surface area contributed by atoms with Crippen molar-refractivity contribution in [2.75, 3.05) is 13.7 Å². The molecule has 0 spiro atoms. The van der Waals surface area contributed by atoms with E-state index >= 15 is 0 Å². The van der Waals surface area contributed by atoms with Crippen LogP contribution in [0.25, 0.3) is 0 Å². The fourth-order valence-corrected chi connectivity index (χ4v) is 2.15. The number of carbonyl (C=O) groups is 1. The molecule has 0 bridgehead atoms. The van der Waals surface area contributed by atoms with Gasteiger partial charge in [-0.3, -0.25) is 14.9 Å². The maximum absolute atomic E-state index is 11.8. The van der Waals surface area contributed by atoms with Crippen LogP contribution in [-0.4, -0.2) is 30.3 Å². The van der Waals surface area contributed by atoms with Crippen LogP contribution in [0.15, 0.2) is 47.6 Å². The van der Waals surface area contributed by atoms with Crippen LogP contribution in [0.4, 0.5) is 5.69 Å². The highest BCUT2D eigenvalue weighted by Gasteiger charge is 2.16. The molecule has 0 aliphatic rings. The quantitative estimate of drug-likeness (QED) is 0.466. The molecule has 0 aliphatic carbocycles. The lowest BCUT2D eigenvalue weighted by Gasteiger charge is -2.07. The Kier molecular flexibility index (Phi) is 6.26. The molecule has 2 aromatic rings. The Morgan fingerprint density at radius 1 is 1.27 bits per heavy atom. The van der Waals surface area contributed by atoms with Crippen molar-refractivity contribution in [2.45, 2.75) is 13.8 Å². The molecule has 1 N–H and O–H groups in total. The summed E-state index contributed by atoms with van der Waals surface area (Å²) >= 11 is 0. The molecule has 0 radical (unpaired) electrons. The van der Waals surface area contributed by atoms with Crippen molar-refractivity contribution in [3.63, 3.8) is 0 Å². The predicted molar refractivity (Wildman–Crippen MR) is 96.7 cm³/mol. The molecule has 2 rings (SSSR count). The van der Waals surface area contributed by atoms with Gasteiger partial charge in [-0.1, -0.05) is 12.1 Å². The molecular formula is C18H19N3O5. The molecule has 0 unspecified atom stereocenters. The van der Waals surface area contributed by atoms with E-state index in [1.54, 1.807) is 19.1 Å². The highest BCUT2D eigenvalue weighted by Crippen LogP contribution is 2.27. The largest absolute Gasteiger partial charge is 0.490 e. The third-order valence-electron chi connectivity index (χ3n) is 3.50. The molecule has 136 valence electrons. The highest BCUT2D eigenvalue weighted by molar-refractivity contribution is 6.00. The number of nitro groups is 1. The maximum atomic E-state index is 11.8. The minimum absolute atomic E-state index is 0.155. The number of methoxy groups -OCH3 is 1. The Bertz CT molecular complexity index is 848. The molecule has 2 aromatic carbocycles. The molecule has 0 heterocycles. The van der Waals surface area contributed by atoms with E-state index < -0.39 is 10.8 Å². The first-order chi connectivity index (χ1) is 12.4. The minimum Gasteiger partial charge on any atom is -0.490 e. The summed E-state index contributed by atoms with van der Waals surface area (Å²) in [6.07, 6.45) is 0. The average molecular weight is 357 g/mol. The normalized spacial score (nSPS) is 11.0. The van der Waals surface area contributed by atoms with Gasteiger partial charge in [-0.25, -0.2) is 5.43 Å². The molecule has 0 aliphatic heterocycles. The summed E-state index contributed by atoms with van der Waals surface area (Å²) in [5.74, 6) is 0.308. The lowest BCUT2D eigenvalue weighted by atomic mass is 10.1. The van der Waals surface area contributed by atoms with Crippen molar-refractivity contribution in [1.82, 2.24) is 5.43 Å². The van der Waals surface area contributed by atoms with Crippen molar-refractivity contribution < 1.29 is 19.2 Å². The Morgan fingerprint density at radius 2 is 2.04 bits per heavy atom. The second-order valence-corrected chi connectivity index (χ2v) is 5.48. The Labute approximate surface area is 150 Å². The van der Waals surface area contributed by atoms with Crippen LogP contribution in [0.2, 0.25) is 0 Å². The smallest absolute Gasteiger partial charge is 0.311 e. The number of benzene rings is 2. The summed E-state index contributed by atoms with van der Waals surface area (Å²) in [6, 6.07) is 11.8. The van der Waals surface area contributed by atoms with Gasteiger partial charge in [0.25, 0.3) is 5.91 Å². The van der Waals surface area contributed by atoms with E-state index in [-0.39, 0.29) is 18.0 Å². The van der Waals surface area contributed by atoms with Crippen molar-refractivity contribution in [3.8, 4) is 11.5 Å². The van der Waals surface area contributed by atoms with Crippen LogP contribution in [0.3, 0.4) is 0 Å². The Hall–Kier alpha value is -3.42. The number of hydrazone groups is 1. The van der Waals surface area contributed by atoms with E-state index in [1.165, 1.54) is 19.2 Å². The van der Waals surface area contributed by atoms with E-state index in [0.29, 0.717) is 17.0 Å². The van der Waals surface area contributed by atoms with Gasteiger partial charge >= 0.3 is 5.69 Å². The van der Waals surface area contributed by atoms with E-state index in [2.05, 4.69) is 10.5 Å². The molecule has 8 heteroatoms. The van der Waals surface area contributed by atoms with Crippen molar-refractivity contribution in [3.05, 3.63) is 63.7 Å². The van der Waals surface area contributed by atoms with Gasteiger partial charge in [0.15, 0.2) is 12.4 Å². The van der Waals surface area contributed by atoms with Crippen LogP contribution < -0.4 is 14.9 Å². The van der Waals surface area contributed by atoms with E-state index in [4.69, 9.17) is 9.47 Å². The number of ether oxygens (including phenoxy) is 2. The zero-order valence-corrected chi connectivity index (χ0v) is 14.7. The zero-order chi connectivity index (χ0) is 19.1. The van der Waals surface area contributed by atoms with Crippen molar-refractivity contribution in [2.24, 2.45) is 5.10 Å². The second kappa shape index (κ2) is 8.61. The van der Waals surface area contributed by atoms with Gasteiger partial charge in [0.1, 0.15) is 5.75 Å². The Morgan fingerprint density at radius 3 is 2.69 bits per heavy atom. The second-order valence-electron chi connectivity index (χ2n) is 5.48. The fourth-order valence-electron chi connectivity index (χ4n) is 2.15. The number of nitro benzene ring substituents is 1. The van der Waals surface area contributed by atoms with E-state index in [9.17, 15) is 14.9 Å². The third kappa shape index (κ3) is 5.04. The van der Waals surface area contributed by atoms with Gasteiger partial charge in [-0.05, 0) is 43.7 Å². The van der Waals surface area contributed by atoms with E-state index in [0.717, 1.165) is 5.56 Å². The van der Waals surface area contributed by atoms with Crippen LogP contribution in [0.5, 0.6) is 11.5 Å². The van der Waals surface area contributed by atoms with Gasteiger partial charge in [-0.2, -0.15) is 5.10 Å². The van der Waals surface area contributed by atoms with Gasteiger partial charge in [0.05, 0.1) is 17.7 Å². The molecule has 0 atom stereocenters. The molecule has 0 saturated carbocycles. The molecule has 0 fully saturated rings. The fraction of sp³-hybridized carbons (Fsp3) is 0.222. The Balaban J connectivity index is 2.00. The molecular weight excluding hydrogens is 338 g/mol. The summed E-state index contributed by atoms with van der Waals surface area (Å²) < 4.78 is 10.3. The lowest BCUT2D eigenvalue weighted by molar-refractivity contribution is -0.385. The molecule has 26 heavy (non-hydrogen) atoms. The summed E-state index contributed by atoms with van der Waals surface area (Å²) in [6.45, 7) is 3.37. The molecule has 8 nitrogen and oxygen atoms in total. The van der Waals surface area contributed by atoms with Gasteiger partial charge < -0.3 is 9.47 Å². The number of hydrogen-bond acceptors (Lipinski definition) is 6. The topological polar surface area (TPSA) is 103 Å². The summed E-state index contributed by atoms with van der Waals surface area (Å²) in [7, 11) is 1.36. The van der Waals surface area contributed by atoms with Crippen LogP contribution >= 0.6 is 0 Å². The maximum Gasteiger partial charge on any atom is 0.311 e. The highest BCUT2D eigenvalue weighted by atomic mass is 16.6. The number of nitrogens with one attached hydrogen (secondary N) is 1. The van der Waals surface area contributed by atoms with Crippen LogP contribution in [0.1, 0.15) is 18.1 Å². The van der Waals surface area contributed by atoms with Crippen molar-refractivity contribution >= 4 is 17.3 Å². The number of aryl methyl sites for hydroxylation is 1. The number of nitrogens with zero attached hydrogens (tertiary/aromatic N) is 2. The molecule has 1 amide bonds. The predicted octanol–water partition coefficient (Wildman–Crippen LogP) is 2.83. The average Bonchev–Trinajstić information content (AvgIpc) is 2.63. The minimum atomic E-state index is -0.538. The van der Waals surface area contributed by atoms with Crippen LogP contribution in [0, 0.1) is 17.0 Å². The summed E-state index contributed by atoms with van der Waals surface area (Å²) in [5.41, 5.74) is 4.13. The third-order valence-corrected chi connectivity index (χ3v) is 3.50. The number of carbonyl (C=O) groups excluding carboxylic acids is 1. The standard InChI is InChI=1S/C18H19N3O5/c1-12-5-4-6-15(9-12)26-11-18(22)20-19-13(2)14-7-8-17(25-3)16(10-14)21(23)24/h4-10H,11H2,1-3H3,(H,20,22)/b19-13-. The first kappa shape index (κ1) is 18.9. The number of amides is 1. The lowest BCUT2D eigenvalue weighted by Crippen LogP contribution is -2.25.